The van der Waals surface area contributed by atoms with E-state index < -0.39 is 11.5 Å². The van der Waals surface area contributed by atoms with Crippen LogP contribution < -0.4 is 16.6 Å². The molecule has 2 aliphatic carbocycles. The number of carbonyl (C=O) groups is 2. The van der Waals surface area contributed by atoms with Gasteiger partial charge in [-0.3, -0.25) is 14.4 Å². The summed E-state index contributed by atoms with van der Waals surface area (Å²) in [5.41, 5.74) is 9.93. The van der Waals surface area contributed by atoms with E-state index in [0.29, 0.717) is 47.9 Å². The molecule has 2 aliphatic rings. The highest BCUT2D eigenvalue weighted by Crippen LogP contribution is 2.42. The van der Waals surface area contributed by atoms with Gasteiger partial charge < -0.3 is 25.3 Å². The van der Waals surface area contributed by atoms with Gasteiger partial charge in [0.1, 0.15) is 23.4 Å². The van der Waals surface area contributed by atoms with Gasteiger partial charge in [-0.2, -0.15) is 0 Å². The number of nitrogens with one attached hydrogen (secondary N) is 1. The van der Waals surface area contributed by atoms with Crippen molar-refractivity contribution in [1.29, 1.82) is 0 Å². The highest BCUT2D eigenvalue weighted by molar-refractivity contribution is 6.07. The van der Waals surface area contributed by atoms with Gasteiger partial charge in [-0.1, -0.05) is 12.1 Å². The van der Waals surface area contributed by atoms with E-state index in [4.69, 9.17) is 5.73 Å². The fourth-order valence-electron chi connectivity index (χ4n) is 5.64. The Balaban J connectivity index is 1.29. The minimum absolute atomic E-state index is 0.0450. The maximum Gasteiger partial charge on any atom is 0.263 e. The van der Waals surface area contributed by atoms with Crippen LogP contribution in [0, 0.1) is 5.92 Å². The summed E-state index contributed by atoms with van der Waals surface area (Å²) >= 11 is 0. The molecule has 10 nitrogen and oxygen atoms in total. The van der Waals surface area contributed by atoms with E-state index in [0.717, 1.165) is 35.0 Å². The molecule has 1 fully saturated rings. The van der Waals surface area contributed by atoms with Gasteiger partial charge in [0.25, 0.3) is 11.5 Å². The molecule has 3 aromatic heterocycles. The number of fused-ring (bicyclic) bond motifs is 2. The standard InChI is InChI=1S/C28H28N6O4/c1-33-22-3-2-4-23(36)19(22)11-20(28(33)38)27(37)32-17-7-5-16(6-8-17)21-12-34(18-9-15(10-18)13-35)26-24(21)25(29)30-14-31-26/h5-8,11-12,14-15,18,35H,2-4,9-10,13H2,1H3,(H,32,37)(H2,29,30,31). The van der Waals surface area contributed by atoms with Crippen LogP contribution in [0.1, 0.15) is 58.1 Å². The van der Waals surface area contributed by atoms with Crippen molar-refractivity contribution in [3.63, 3.8) is 0 Å². The summed E-state index contributed by atoms with van der Waals surface area (Å²) in [4.78, 5) is 46.9. The molecule has 1 aromatic carbocycles. The number of ketones is 1. The third-order valence-electron chi connectivity index (χ3n) is 7.86. The van der Waals surface area contributed by atoms with Gasteiger partial charge in [0, 0.05) is 54.8 Å². The maximum atomic E-state index is 13.0. The number of pyridine rings is 1. The van der Waals surface area contributed by atoms with Crippen LogP contribution in [0.4, 0.5) is 11.5 Å². The summed E-state index contributed by atoms with van der Waals surface area (Å²) in [6.45, 7) is 0.181. The Morgan fingerprint density at radius 3 is 2.63 bits per heavy atom. The molecule has 6 rings (SSSR count). The fourth-order valence-corrected chi connectivity index (χ4v) is 5.64. The lowest BCUT2D eigenvalue weighted by atomic mass is 9.81. The minimum Gasteiger partial charge on any atom is -0.396 e. The van der Waals surface area contributed by atoms with Crippen molar-refractivity contribution in [3.8, 4) is 11.1 Å². The zero-order chi connectivity index (χ0) is 26.6. The average Bonchev–Trinajstić information content (AvgIpc) is 3.27. The van der Waals surface area contributed by atoms with E-state index in [1.807, 2.05) is 18.3 Å². The van der Waals surface area contributed by atoms with E-state index in [2.05, 4.69) is 19.9 Å². The van der Waals surface area contributed by atoms with Crippen molar-refractivity contribution >= 4 is 34.2 Å². The van der Waals surface area contributed by atoms with Gasteiger partial charge in [-0.05, 0) is 55.4 Å². The van der Waals surface area contributed by atoms with E-state index in [-0.39, 0.29) is 24.0 Å². The van der Waals surface area contributed by atoms with Crippen molar-refractivity contribution in [2.24, 2.45) is 13.0 Å². The summed E-state index contributed by atoms with van der Waals surface area (Å²) < 4.78 is 3.52. The van der Waals surface area contributed by atoms with E-state index in [1.54, 1.807) is 19.2 Å². The number of aliphatic hydroxyl groups excluding tert-OH is 1. The Hall–Kier alpha value is -4.31. The molecule has 10 heteroatoms. The Morgan fingerprint density at radius 2 is 1.89 bits per heavy atom. The first-order valence-corrected chi connectivity index (χ1v) is 12.8. The molecule has 1 saturated carbocycles. The van der Waals surface area contributed by atoms with Crippen LogP contribution in [0.3, 0.4) is 0 Å². The quantitative estimate of drug-likeness (QED) is 0.373. The first kappa shape index (κ1) is 24.1. The topological polar surface area (TPSA) is 145 Å². The van der Waals surface area contributed by atoms with Gasteiger partial charge in [-0.25, -0.2) is 9.97 Å². The number of rotatable bonds is 5. The van der Waals surface area contributed by atoms with Gasteiger partial charge in [0.2, 0.25) is 0 Å². The van der Waals surface area contributed by atoms with Crippen molar-refractivity contribution in [2.75, 3.05) is 17.7 Å². The number of aliphatic hydroxyl groups is 1. The normalized spacial score (nSPS) is 18.7. The zero-order valence-corrected chi connectivity index (χ0v) is 21.0. The first-order chi connectivity index (χ1) is 18.4. The summed E-state index contributed by atoms with van der Waals surface area (Å²) in [5.74, 6) is 0.0821. The summed E-state index contributed by atoms with van der Waals surface area (Å²) in [5, 5.41) is 13.0. The molecule has 1 amide bonds. The van der Waals surface area contributed by atoms with Crippen molar-refractivity contribution in [2.45, 2.75) is 38.1 Å². The average molecular weight is 513 g/mol. The number of anilines is 2. The molecule has 0 aliphatic heterocycles. The molecule has 38 heavy (non-hydrogen) atoms. The van der Waals surface area contributed by atoms with Crippen LogP contribution >= 0.6 is 0 Å². The molecule has 0 radical (unpaired) electrons. The molecule has 0 spiro atoms. The molecule has 4 N–H and O–H groups in total. The molecular formula is C28H28N6O4. The second kappa shape index (κ2) is 9.21. The lowest BCUT2D eigenvalue weighted by Crippen LogP contribution is -2.32. The number of nitrogens with two attached hydrogens (primary N) is 1. The summed E-state index contributed by atoms with van der Waals surface area (Å²) in [6, 6.07) is 8.93. The molecule has 194 valence electrons. The molecule has 0 unspecified atom stereocenters. The molecule has 3 heterocycles. The smallest absolute Gasteiger partial charge is 0.263 e. The SMILES string of the molecule is Cn1c2c(cc(C(=O)Nc3ccc(-c4cn(C5CC(CO)C5)c5ncnc(N)c45)cc3)c1=O)C(=O)CCC2. The second-order valence-electron chi connectivity index (χ2n) is 10.2. The van der Waals surface area contributed by atoms with Crippen LogP contribution in [0.2, 0.25) is 0 Å². The highest BCUT2D eigenvalue weighted by Gasteiger charge is 2.32. The highest BCUT2D eigenvalue weighted by atomic mass is 16.3. The Bertz CT molecular complexity index is 1650. The van der Waals surface area contributed by atoms with Crippen LogP contribution in [0.25, 0.3) is 22.2 Å². The lowest BCUT2D eigenvalue weighted by Gasteiger charge is -2.35. The van der Waals surface area contributed by atoms with E-state index in [1.165, 1.54) is 17.0 Å². The molecule has 0 saturated heterocycles. The number of carbonyl (C=O) groups excluding carboxylic acids is 2. The Morgan fingerprint density at radius 1 is 1.13 bits per heavy atom. The largest absolute Gasteiger partial charge is 0.396 e. The zero-order valence-electron chi connectivity index (χ0n) is 21.0. The first-order valence-electron chi connectivity index (χ1n) is 12.8. The number of aromatic nitrogens is 4. The Labute approximate surface area is 218 Å². The van der Waals surface area contributed by atoms with Crippen LogP contribution in [0.5, 0.6) is 0 Å². The number of nitrogens with zero attached hydrogens (tertiary/aromatic N) is 4. The number of Topliss-reactive ketones (excluding diaryl/α,β-unsaturated/α-hetero) is 1. The van der Waals surface area contributed by atoms with Crippen LogP contribution in [-0.4, -0.2) is 42.5 Å². The Kier molecular flexibility index (Phi) is 5.83. The van der Waals surface area contributed by atoms with E-state index >= 15 is 0 Å². The predicted octanol–water partition coefficient (Wildman–Crippen LogP) is 3.09. The van der Waals surface area contributed by atoms with Gasteiger partial charge in [0.05, 0.1) is 5.39 Å². The molecule has 0 bridgehead atoms. The summed E-state index contributed by atoms with van der Waals surface area (Å²) in [6.07, 6.45) is 7.00. The number of benzene rings is 1. The number of nitrogen functional groups attached to an aromatic ring is 1. The summed E-state index contributed by atoms with van der Waals surface area (Å²) in [7, 11) is 1.60. The van der Waals surface area contributed by atoms with Crippen LogP contribution in [0.15, 0.2) is 47.7 Å². The van der Waals surface area contributed by atoms with E-state index in [9.17, 15) is 19.5 Å². The predicted molar refractivity (Wildman–Crippen MR) is 143 cm³/mol. The van der Waals surface area contributed by atoms with Gasteiger partial charge in [0.15, 0.2) is 5.78 Å². The fraction of sp³-hybridized carbons (Fsp3) is 0.321. The molecule has 0 atom stereocenters. The number of hydrogen-bond donors (Lipinski definition) is 3. The van der Waals surface area contributed by atoms with Gasteiger partial charge >= 0.3 is 0 Å². The lowest BCUT2D eigenvalue weighted by molar-refractivity contribution is 0.0970. The molecule has 4 aromatic rings. The number of amides is 1. The van der Waals surface area contributed by atoms with Crippen LogP contribution in [-0.2, 0) is 13.5 Å². The monoisotopic (exact) mass is 512 g/mol. The van der Waals surface area contributed by atoms with Gasteiger partial charge in [-0.15, -0.1) is 0 Å². The third kappa shape index (κ3) is 3.88. The maximum absolute atomic E-state index is 13.0. The molecular weight excluding hydrogens is 484 g/mol. The van der Waals surface area contributed by atoms with Crippen molar-refractivity contribution in [3.05, 3.63) is 70.0 Å². The van der Waals surface area contributed by atoms with Crippen molar-refractivity contribution < 1.29 is 14.7 Å². The van der Waals surface area contributed by atoms with Crippen molar-refractivity contribution in [1.82, 2.24) is 19.1 Å². The number of hydrogen-bond acceptors (Lipinski definition) is 7. The second-order valence-corrected chi connectivity index (χ2v) is 10.2. The minimum atomic E-state index is -0.558. The third-order valence-corrected chi connectivity index (χ3v) is 7.86.